The maximum Gasteiger partial charge on any atom is 0.133 e. The van der Waals surface area contributed by atoms with E-state index in [4.69, 9.17) is 0 Å². The van der Waals surface area contributed by atoms with E-state index in [1.54, 1.807) is 0 Å². The molecule has 0 aliphatic heterocycles. The molecule has 0 heterocycles. The summed E-state index contributed by atoms with van der Waals surface area (Å²) >= 11 is 0. The molecule has 2 aliphatic carbocycles. The van der Waals surface area contributed by atoms with Gasteiger partial charge in [-0.05, 0) is 38.0 Å². The van der Waals surface area contributed by atoms with Crippen molar-refractivity contribution in [1.82, 2.24) is 0 Å². The first kappa shape index (κ1) is 8.24. The zero-order valence-electron chi connectivity index (χ0n) is 7.55. The summed E-state index contributed by atoms with van der Waals surface area (Å²) in [6.45, 7) is 1.90. The van der Waals surface area contributed by atoms with Gasteiger partial charge in [0, 0.05) is 12.8 Å². The number of hydrogen-bond acceptors (Lipinski definition) is 2. The molecule has 2 heteroatoms. The van der Waals surface area contributed by atoms with Crippen LogP contribution in [0.15, 0.2) is 0 Å². The molecule has 2 rings (SSSR count). The largest absolute Gasteiger partial charge is 0.390 e. The van der Waals surface area contributed by atoms with Crippen molar-refractivity contribution in [3.8, 4) is 0 Å². The third-order valence-electron chi connectivity index (χ3n) is 3.35. The number of carbonyl (C=O) groups is 1. The van der Waals surface area contributed by atoms with Gasteiger partial charge in [-0.1, -0.05) is 0 Å². The van der Waals surface area contributed by atoms with Crippen molar-refractivity contribution in [2.75, 3.05) is 0 Å². The minimum absolute atomic E-state index is 0.397. The van der Waals surface area contributed by atoms with E-state index in [2.05, 4.69) is 0 Å². The van der Waals surface area contributed by atoms with Crippen LogP contribution in [0.4, 0.5) is 0 Å². The van der Waals surface area contributed by atoms with Crippen molar-refractivity contribution in [1.29, 1.82) is 0 Å². The molecule has 0 radical (unpaired) electrons. The molecule has 68 valence electrons. The van der Waals surface area contributed by atoms with Crippen LogP contribution in [-0.2, 0) is 4.79 Å². The zero-order valence-corrected chi connectivity index (χ0v) is 7.55. The summed E-state index contributed by atoms with van der Waals surface area (Å²) in [5.41, 5.74) is -0.486. The molecule has 3 atom stereocenters. The molecule has 0 aromatic heterocycles. The van der Waals surface area contributed by atoms with E-state index in [1.165, 1.54) is 0 Å². The molecule has 0 saturated heterocycles. The maximum atomic E-state index is 11.1. The number of hydrogen-bond donors (Lipinski definition) is 1. The van der Waals surface area contributed by atoms with Crippen LogP contribution in [-0.4, -0.2) is 16.5 Å². The lowest BCUT2D eigenvalue weighted by Crippen LogP contribution is -2.20. The van der Waals surface area contributed by atoms with E-state index in [9.17, 15) is 9.90 Å². The highest BCUT2D eigenvalue weighted by Crippen LogP contribution is 2.45. The molecule has 2 fully saturated rings. The van der Waals surface area contributed by atoms with Crippen LogP contribution < -0.4 is 0 Å². The van der Waals surface area contributed by atoms with Crippen LogP contribution in [0.1, 0.15) is 39.0 Å². The van der Waals surface area contributed by atoms with Crippen molar-refractivity contribution in [3.63, 3.8) is 0 Å². The second kappa shape index (κ2) is 2.56. The first-order valence-corrected chi connectivity index (χ1v) is 4.81. The van der Waals surface area contributed by atoms with Crippen LogP contribution in [0.5, 0.6) is 0 Å². The fourth-order valence-electron chi connectivity index (χ4n) is 2.86. The Hall–Kier alpha value is -0.370. The van der Waals surface area contributed by atoms with Crippen LogP contribution in [0.25, 0.3) is 0 Å². The minimum atomic E-state index is -0.486. The Labute approximate surface area is 73.0 Å². The number of aliphatic hydroxyl groups is 1. The van der Waals surface area contributed by atoms with E-state index in [0.29, 0.717) is 17.6 Å². The first-order valence-electron chi connectivity index (χ1n) is 4.81. The zero-order chi connectivity index (χ0) is 8.77. The predicted octanol–water partition coefficient (Wildman–Crippen LogP) is 1.52. The second-order valence-corrected chi connectivity index (χ2v) is 4.71. The van der Waals surface area contributed by atoms with Gasteiger partial charge in [-0.3, -0.25) is 4.79 Å². The van der Waals surface area contributed by atoms with Gasteiger partial charge in [0.1, 0.15) is 5.78 Å². The molecule has 0 spiro atoms. The lowest BCUT2D eigenvalue weighted by atomic mass is 9.81. The summed E-state index contributed by atoms with van der Waals surface area (Å²) in [4.78, 5) is 11.1. The van der Waals surface area contributed by atoms with Crippen LogP contribution in [0, 0.1) is 11.8 Å². The Morgan fingerprint density at radius 2 is 2.08 bits per heavy atom. The topological polar surface area (TPSA) is 37.3 Å². The SMILES string of the molecule is CC1(O)CC2CCC(=O)CC2C1. The molecule has 0 aromatic carbocycles. The summed E-state index contributed by atoms with van der Waals surface area (Å²) in [5, 5.41) is 9.80. The highest BCUT2D eigenvalue weighted by atomic mass is 16.3. The minimum Gasteiger partial charge on any atom is -0.390 e. The lowest BCUT2D eigenvalue weighted by Gasteiger charge is -2.22. The third-order valence-corrected chi connectivity index (χ3v) is 3.35. The average molecular weight is 168 g/mol. The highest BCUT2D eigenvalue weighted by molar-refractivity contribution is 5.79. The lowest BCUT2D eigenvalue weighted by molar-refractivity contribution is -0.122. The smallest absolute Gasteiger partial charge is 0.133 e. The van der Waals surface area contributed by atoms with Gasteiger partial charge in [0.05, 0.1) is 5.60 Å². The number of Topliss-reactive ketones (excluding diaryl/α,β-unsaturated/α-hetero) is 1. The fraction of sp³-hybridized carbons (Fsp3) is 0.900. The van der Waals surface area contributed by atoms with Crippen molar-refractivity contribution >= 4 is 5.78 Å². The van der Waals surface area contributed by atoms with Crippen molar-refractivity contribution in [2.24, 2.45) is 11.8 Å². The average Bonchev–Trinajstić information content (AvgIpc) is 2.21. The van der Waals surface area contributed by atoms with Crippen molar-refractivity contribution in [3.05, 3.63) is 0 Å². The molecule has 12 heavy (non-hydrogen) atoms. The van der Waals surface area contributed by atoms with Gasteiger partial charge in [-0.15, -0.1) is 0 Å². The molecule has 2 aliphatic rings. The van der Waals surface area contributed by atoms with Crippen molar-refractivity contribution in [2.45, 2.75) is 44.6 Å². The van der Waals surface area contributed by atoms with Gasteiger partial charge >= 0.3 is 0 Å². The van der Waals surface area contributed by atoms with E-state index in [-0.39, 0.29) is 0 Å². The third kappa shape index (κ3) is 1.40. The highest BCUT2D eigenvalue weighted by Gasteiger charge is 2.43. The molecular weight excluding hydrogens is 152 g/mol. The molecule has 0 aromatic rings. The normalized spacial score (nSPS) is 47.7. The monoisotopic (exact) mass is 168 g/mol. The Kier molecular flexibility index (Phi) is 1.76. The molecule has 2 nitrogen and oxygen atoms in total. The molecule has 2 saturated carbocycles. The summed E-state index contributed by atoms with van der Waals surface area (Å²) in [6.07, 6.45) is 4.23. The number of rotatable bonds is 0. The summed E-state index contributed by atoms with van der Waals surface area (Å²) in [6, 6.07) is 0. The Morgan fingerprint density at radius 1 is 1.42 bits per heavy atom. The quantitative estimate of drug-likeness (QED) is 0.595. The van der Waals surface area contributed by atoms with Crippen LogP contribution in [0.2, 0.25) is 0 Å². The van der Waals surface area contributed by atoms with Gasteiger partial charge in [0.2, 0.25) is 0 Å². The van der Waals surface area contributed by atoms with E-state index in [0.717, 1.165) is 32.1 Å². The van der Waals surface area contributed by atoms with E-state index < -0.39 is 5.60 Å². The van der Waals surface area contributed by atoms with E-state index >= 15 is 0 Å². The summed E-state index contributed by atoms with van der Waals surface area (Å²) in [5.74, 6) is 1.51. The maximum absolute atomic E-state index is 11.1. The number of carbonyl (C=O) groups excluding carboxylic acids is 1. The molecule has 0 amide bonds. The summed E-state index contributed by atoms with van der Waals surface area (Å²) < 4.78 is 0. The Morgan fingerprint density at radius 3 is 2.83 bits per heavy atom. The summed E-state index contributed by atoms with van der Waals surface area (Å²) in [7, 11) is 0. The Bertz CT molecular complexity index is 208. The van der Waals surface area contributed by atoms with Gasteiger partial charge in [0.15, 0.2) is 0 Å². The Balaban J connectivity index is 2.07. The van der Waals surface area contributed by atoms with Gasteiger partial charge in [-0.25, -0.2) is 0 Å². The van der Waals surface area contributed by atoms with Gasteiger partial charge in [-0.2, -0.15) is 0 Å². The molecular formula is C10H16O2. The first-order chi connectivity index (χ1) is 5.57. The predicted molar refractivity (Wildman–Crippen MR) is 45.7 cm³/mol. The molecule has 3 unspecified atom stereocenters. The molecule has 1 N–H and O–H groups in total. The number of fused-ring (bicyclic) bond motifs is 1. The molecule has 0 bridgehead atoms. The van der Waals surface area contributed by atoms with Gasteiger partial charge < -0.3 is 5.11 Å². The fourth-order valence-corrected chi connectivity index (χ4v) is 2.86. The van der Waals surface area contributed by atoms with Gasteiger partial charge in [0.25, 0.3) is 0 Å². The standard InChI is InChI=1S/C10H16O2/c1-10(12)5-7-2-3-9(11)4-8(7)6-10/h7-8,12H,2-6H2,1H3. The second-order valence-electron chi connectivity index (χ2n) is 4.71. The van der Waals surface area contributed by atoms with E-state index in [1.807, 2.05) is 6.92 Å². The number of ketones is 1. The van der Waals surface area contributed by atoms with Crippen LogP contribution >= 0.6 is 0 Å². The van der Waals surface area contributed by atoms with Crippen molar-refractivity contribution < 1.29 is 9.90 Å². The van der Waals surface area contributed by atoms with Crippen LogP contribution in [0.3, 0.4) is 0 Å².